The van der Waals surface area contributed by atoms with Crippen molar-refractivity contribution in [3.8, 4) is 5.75 Å². The van der Waals surface area contributed by atoms with Crippen LogP contribution in [0.3, 0.4) is 0 Å². The van der Waals surface area contributed by atoms with Crippen molar-refractivity contribution in [3.63, 3.8) is 0 Å². The number of pyridine rings is 1. The van der Waals surface area contributed by atoms with Crippen LogP contribution < -0.4 is 4.74 Å². The maximum absolute atomic E-state index is 13.1. The number of amides is 1. The Morgan fingerprint density at radius 3 is 2.61 bits per heavy atom. The largest absolute Gasteiger partial charge is 0.493 e. The molecule has 1 aliphatic heterocycles. The summed E-state index contributed by atoms with van der Waals surface area (Å²) in [5.41, 5.74) is 4.78. The lowest BCUT2D eigenvalue weighted by Crippen LogP contribution is -2.39. The van der Waals surface area contributed by atoms with Crippen LogP contribution in [0.2, 0.25) is 0 Å². The zero-order valence-electron chi connectivity index (χ0n) is 16.0. The topological polar surface area (TPSA) is 42.4 Å². The number of aryl methyl sites for hydroxylation is 1. The van der Waals surface area contributed by atoms with Gasteiger partial charge >= 0.3 is 0 Å². The molecule has 1 aliphatic rings. The summed E-state index contributed by atoms with van der Waals surface area (Å²) >= 11 is 0. The number of hydrogen-bond acceptors (Lipinski definition) is 3. The highest BCUT2D eigenvalue weighted by molar-refractivity contribution is 5.77. The van der Waals surface area contributed by atoms with Crippen molar-refractivity contribution in [1.82, 2.24) is 9.88 Å². The number of aromatic nitrogens is 1. The van der Waals surface area contributed by atoms with Gasteiger partial charge in [-0.05, 0) is 48.2 Å². The normalized spacial score (nSPS) is 15.8. The maximum Gasteiger partial charge on any atom is 0.226 e. The Labute approximate surface area is 165 Å². The Morgan fingerprint density at radius 2 is 1.86 bits per heavy atom. The lowest BCUT2D eigenvalue weighted by atomic mass is 9.90. The molecule has 0 N–H and O–H groups in total. The third kappa shape index (κ3) is 4.06. The summed E-state index contributed by atoms with van der Waals surface area (Å²) in [5, 5.41) is 0. The first-order valence-electron chi connectivity index (χ1n) is 9.66. The van der Waals surface area contributed by atoms with Gasteiger partial charge < -0.3 is 9.64 Å². The van der Waals surface area contributed by atoms with Crippen molar-refractivity contribution in [2.45, 2.75) is 32.4 Å². The summed E-state index contributed by atoms with van der Waals surface area (Å²) in [4.78, 5) is 19.3. The molecule has 0 saturated heterocycles. The fourth-order valence-corrected chi connectivity index (χ4v) is 3.69. The molecule has 4 nitrogen and oxygen atoms in total. The molecule has 4 heteroatoms. The molecule has 1 amide bonds. The number of nitrogens with zero attached hydrogens (tertiary/aromatic N) is 2. The van der Waals surface area contributed by atoms with Crippen LogP contribution in [-0.2, 0) is 17.8 Å². The predicted octanol–water partition coefficient (Wildman–Crippen LogP) is 4.49. The molecule has 0 radical (unpaired) electrons. The number of fused-ring (bicyclic) bond motifs is 1. The number of rotatable bonds is 5. The molecular formula is C24H24N2O2. The third-order valence-corrected chi connectivity index (χ3v) is 5.24. The molecule has 0 fully saturated rings. The van der Waals surface area contributed by atoms with Crippen LogP contribution >= 0.6 is 0 Å². The zero-order valence-corrected chi connectivity index (χ0v) is 16.0. The van der Waals surface area contributed by atoms with Crippen molar-refractivity contribution in [2.75, 3.05) is 6.61 Å². The van der Waals surface area contributed by atoms with E-state index in [1.807, 2.05) is 54.4 Å². The molecule has 3 aromatic rings. The predicted molar refractivity (Wildman–Crippen MR) is 109 cm³/mol. The number of carbonyl (C=O) groups is 1. The first-order valence-corrected chi connectivity index (χ1v) is 9.66. The van der Waals surface area contributed by atoms with E-state index in [0.29, 0.717) is 19.6 Å². The quantitative estimate of drug-likeness (QED) is 0.663. The van der Waals surface area contributed by atoms with Crippen molar-refractivity contribution in [2.24, 2.45) is 0 Å². The van der Waals surface area contributed by atoms with Crippen LogP contribution in [-0.4, -0.2) is 22.4 Å². The van der Waals surface area contributed by atoms with Gasteiger partial charge in [0.15, 0.2) is 0 Å². The second-order valence-electron chi connectivity index (χ2n) is 7.21. The van der Waals surface area contributed by atoms with E-state index in [-0.39, 0.29) is 11.9 Å². The minimum absolute atomic E-state index is 0.00970. The number of benzene rings is 2. The molecule has 142 valence electrons. The standard InChI is InChI=1S/C24H24N2O2/c1-18-8-10-22(11-9-18)28-14-12-24(27)26-17-21-6-3-2-5-19(21)15-23(26)20-7-4-13-25-16-20/h2-11,13,16,23H,12,14-15,17H2,1H3. The van der Waals surface area contributed by atoms with E-state index >= 15 is 0 Å². The van der Waals surface area contributed by atoms with E-state index in [2.05, 4.69) is 29.2 Å². The van der Waals surface area contributed by atoms with Crippen LogP contribution in [0.15, 0.2) is 73.1 Å². The lowest BCUT2D eigenvalue weighted by Gasteiger charge is -2.37. The lowest BCUT2D eigenvalue weighted by molar-refractivity contribution is -0.135. The summed E-state index contributed by atoms with van der Waals surface area (Å²) in [5.74, 6) is 0.904. The van der Waals surface area contributed by atoms with E-state index in [1.165, 1.54) is 16.7 Å². The molecule has 2 aromatic carbocycles. The fourth-order valence-electron chi connectivity index (χ4n) is 3.69. The molecule has 0 bridgehead atoms. The summed E-state index contributed by atoms with van der Waals surface area (Å²) in [6.45, 7) is 3.04. The fraction of sp³-hybridized carbons (Fsp3) is 0.250. The molecule has 1 unspecified atom stereocenters. The molecule has 2 heterocycles. The smallest absolute Gasteiger partial charge is 0.226 e. The highest BCUT2D eigenvalue weighted by atomic mass is 16.5. The van der Waals surface area contributed by atoms with Crippen LogP contribution in [0.1, 0.15) is 34.7 Å². The summed E-state index contributed by atoms with van der Waals surface area (Å²) in [6, 6.07) is 20.2. The minimum Gasteiger partial charge on any atom is -0.493 e. The van der Waals surface area contributed by atoms with Crippen LogP contribution in [0.4, 0.5) is 0 Å². The van der Waals surface area contributed by atoms with E-state index in [9.17, 15) is 4.79 Å². The number of carbonyl (C=O) groups excluding carboxylic acids is 1. The highest BCUT2D eigenvalue weighted by Gasteiger charge is 2.30. The average Bonchev–Trinajstić information content (AvgIpc) is 2.75. The molecule has 0 spiro atoms. The second-order valence-corrected chi connectivity index (χ2v) is 7.21. The van der Waals surface area contributed by atoms with Gasteiger partial charge in [-0.3, -0.25) is 9.78 Å². The zero-order chi connectivity index (χ0) is 19.3. The molecule has 1 atom stereocenters. The van der Waals surface area contributed by atoms with Gasteiger partial charge in [-0.1, -0.05) is 48.0 Å². The van der Waals surface area contributed by atoms with Gasteiger partial charge in [-0.2, -0.15) is 0 Å². The van der Waals surface area contributed by atoms with Crippen LogP contribution in [0.25, 0.3) is 0 Å². The van der Waals surface area contributed by atoms with E-state index < -0.39 is 0 Å². The van der Waals surface area contributed by atoms with Crippen molar-refractivity contribution >= 4 is 5.91 Å². The molecule has 28 heavy (non-hydrogen) atoms. The first kappa shape index (κ1) is 18.2. The Morgan fingerprint density at radius 1 is 1.07 bits per heavy atom. The Bertz CT molecular complexity index is 938. The average molecular weight is 372 g/mol. The minimum atomic E-state index is 0.00970. The Balaban J connectivity index is 1.48. The Kier molecular flexibility index (Phi) is 5.38. The third-order valence-electron chi connectivity index (χ3n) is 5.24. The van der Waals surface area contributed by atoms with Crippen molar-refractivity contribution < 1.29 is 9.53 Å². The van der Waals surface area contributed by atoms with Crippen LogP contribution in [0.5, 0.6) is 5.75 Å². The Hall–Kier alpha value is -3.14. The van der Waals surface area contributed by atoms with Crippen molar-refractivity contribution in [1.29, 1.82) is 0 Å². The molecule has 0 saturated carbocycles. The van der Waals surface area contributed by atoms with Gasteiger partial charge in [0, 0.05) is 18.9 Å². The van der Waals surface area contributed by atoms with Gasteiger partial charge in [-0.25, -0.2) is 0 Å². The number of hydrogen-bond donors (Lipinski definition) is 0. The van der Waals surface area contributed by atoms with Gasteiger partial charge in [0.1, 0.15) is 5.75 Å². The molecule has 4 rings (SSSR count). The summed E-state index contributed by atoms with van der Waals surface area (Å²) in [7, 11) is 0. The van der Waals surface area contributed by atoms with Gasteiger partial charge in [-0.15, -0.1) is 0 Å². The molecule has 0 aliphatic carbocycles. The molecular weight excluding hydrogens is 348 g/mol. The van der Waals surface area contributed by atoms with E-state index in [0.717, 1.165) is 17.7 Å². The second kappa shape index (κ2) is 8.26. The summed E-state index contributed by atoms with van der Waals surface area (Å²) in [6.07, 6.45) is 4.79. The van der Waals surface area contributed by atoms with E-state index in [1.54, 1.807) is 6.20 Å². The van der Waals surface area contributed by atoms with Gasteiger partial charge in [0.2, 0.25) is 5.91 Å². The van der Waals surface area contributed by atoms with E-state index in [4.69, 9.17) is 4.74 Å². The highest BCUT2D eigenvalue weighted by Crippen LogP contribution is 2.33. The van der Waals surface area contributed by atoms with Gasteiger partial charge in [0.25, 0.3) is 0 Å². The maximum atomic E-state index is 13.1. The van der Waals surface area contributed by atoms with Gasteiger partial charge in [0.05, 0.1) is 19.1 Å². The summed E-state index contributed by atoms with van der Waals surface area (Å²) < 4.78 is 5.77. The SMILES string of the molecule is Cc1ccc(OCCC(=O)N2Cc3ccccc3CC2c2cccnc2)cc1. The van der Waals surface area contributed by atoms with Crippen molar-refractivity contribution in [3.05, 3.63) is 95.3 Å². The number of ether oxygens (including phenoxy) is 1. The first-order chi connectivity index (χ1) is 13.7. The van der Waals surface area contributed by atoms with Crippen LogP contribution in [0, 0.1) is 6.92 Å². The molecule has 1 aromatic heterocycles. The monoisotopic (exact) mass is 372 g/mol.